The quantitative estimate of drug-likeness (QED) is 0.630. The van der Waals surface area contributed by atoms with Crippen LogP contribution >= 0.6 is 0 Å². The summed E-state index contributed by atoms with van der Waals surface area (Å²) in [5, 5.41) is 0. The standard InChI is InChI=1S/C9H12N.Ti/c1-8-6-4-5-7-9(8)10(2)3;/h4-7H,1H2,2-3H3;/q;+2. The van der Waals surface area contributed by atoms with Crippen molar-refractivity contribution < 1.29 is 20.4 Å². The molecule has 0 fully saturated rings. The third-order valence-corrected chi connectivity index (χ3v) is 2.26. The van der Waals surface area contributed by atoms with Crippen molar-refractivity contribution in [3.63, 3.8) is 0 Å². The number of rotatable bonds is 2. The van der Waals surface area contributed by atoms with Crippen molar-refractivity contribution in [2.24, 2.45) is 0 Å². The van der Waals surface area contributed by atoms with Gasteiger partial charge in [-0.3, -0.25) is 0 Å². The maximum absolute atomic E-state index is 2.18. The van der Waals surface area contributed by atoms with Crippen molar-refractivity contribution in [1.82, 2.24) is 0 Å². The van der Waals surface area contributed by atoms with Crippen LogP contribution in [0.2, 0.25) is 0 Å². The summed E-state index contributed by atoms with van der Waals surface area (Å²) < 4.78 is 1.11. The molecule has 0 N–H and O–H groups in total. The number of anilines is 1. The fourth-order valence-corrected chi connectivity index (χ4v) is 1.56. The molecule has 0 spiro atoms. The molecular weight excluding hydrogens is 170 g/mol. The molecule has 0 aliphatic carbocycles. The van der Waals surface area contributed by atoms with Crippen LogP contribution in [0.4, 0.5) is 5.69 Å². The Labute approximate surface area is 79.8 Å². The van der Waals surface area contributed by atoms with Crippen LogP contribution < -0.4 is 4.90 Å². The van der Waals surface area contributed by atoms with Gasteiger partial charge in [0.15, 0.2) is 0 Å². The molecule has 0 aromatic heterocycles. The van der Waals surface area contributed by atoms with Gasteiger partial charge >= 0.3 is 79.7 Å². The molecule has 0 radical (unpaired) electrons. The van der Waals surface area contributed by atoms with Crippen LogP contribution in [0, 0.1) is 0 Å². The van der Waals surface area contributed by atoms with E-state index in [-0.39, 0.29) is 0 Å². The third kappa shape index (κ3) is 2.08. The van der Waals surface area contributed by atoms with Crippen LogP contribution in [-0.2, 0) is 25.2 Å². The molecule has 1 rings (SSSR count). The summed E-state index contributed by atoms with van der Waals surface area (Å²) in [4.78, 5) is 2.15. The molecule has 1 aromatic rings. The first-order valence-electron chi connectivity index (χ1n) is 3.65. The fourth-order valence-electron chi connectivity index (χ4n) is 1.10. The molecule has 0 amide bonds. The zero-order valence-electron chi connectivity index (χ0n) is 6.96. The van der Waals surface area contributed by atoms with Crippen molar-refractivity contribution in [2.75, 3.05) is 19.0 Å². The van der Waals surface area contributed by atoms with Crippen LogP contribution in [0.1, 0.15) is 5.56 Å². The predicted octanol–water partition coefficient (Wildman–Crippen LogP) is 1.80. The first-order valence-corrected chi connectivity index (χ1v) is 4.76. The van der Waals surface area contributed by atoms with E-state index in [0.29, 0.717) is 0 Å². The van der Waals surface area contributed by atoms with Gasteiger partial charge in [0.2, 0.25) is 0 Å². The van der Waals surface area contributed by atoms with Crippen LogP contribution in [0.5, 0.6) is 0 Å². The van der Waals surface area contributed by atoms with Gasteiger partial charge in [-0.2, -0.15) is 0 Å². The van der Waals surface area contributed by atoms with Crippen molar-refractivity contribution in [2.45, 2.75) is 4.73 Å². The molecule has 0 aliphatic rings. The molecule has 1 aromatic carbocycles. The minimum atomic E-state index is 1.11. The van der Waals surface area contributed by atoms with Crippen LogP contribution in [0.3, 0.4) is 0 Å². The van der Waals surface area contributed by atoms with E-state index in [4.69, 9.17) is 0 Å². The van der Waals surface area contributed by atoms with Gasteiger partial charge in [-0.25, -0.2) is 0 Å². The minimum absolute atomic E-state index is 1.11. The van der Waals surface area contributed by atoms with Gasteiger partial charge in [0.25, 0.3) is 0 Å². The Kier molecular flexibility index (Phi) is 3.16. The number of hydrogen-bond acceptors (Lipinski definition) is 1. The Hall–Kier alpha value is -0.266. The number of benzene rings is 1. The number of nitrogens with zero attached hydrogens (tertiary/aromatic N) is 1. The van der Waals surface area contributed by atoms with Crippen LogP contribution in [0.25, 0.3) is 0 Å². The van der Waals surface area contributed by atoms with Gasteiger partial charge in [0.1, 0.15) is 0 Å². The van der Waals surface area contributed by atoms with Crippen molar-refractivity contribution in [1.29, 1.82) is 0 Å². The average Bonchev–Trinajstić information content (AvgIpc) is 2.04. The van der Waals surface area contributed by atoms with Crippen LogP contribution in [-0.4, -0.2) is 14.1 Å². The molecule has 0 heterocycles. The van der Waals surface area contributed by atoms with Gasteiger partial charge in [-0.05, 0) is 0 Å². The Balaban J connectivity index is 3.02. The summed E-state index contributed by atoms with van der Waals surface area (Å²) in [6.45, 7) is 0. The first kappa shape index (κ1) is 8.83. The Morgan fingerprint density at radius 2 is 1.91 bits per heavy atom. The monoisotopic (exact) mass is 182 g/mol. The van der Waals surface area contributed by atoms with Crippen molar-refractivity contribution >= 4 is 5.69 Å². The summed E-state index contributed by atoms with van der Waals surface area (Å²) in [7, 11) is 4.16. The van der Waals surface area contributed by atoms with Crippen molar-refractivity contribution in [3.8, 4) is 0 Å². The second-order valence-corrected chi connectivity index (χ2v) is 3.25. The van der Waals surface area contributed by atoms with Crippen molar-refractivity contribution in [3.05, 3.63) is 29.8 Å². The molecule has 0 saturated carbocycles. The summed E-state index contributed by atoms with van der Waals surface area (Å²) in [5.74, 6) is 0. The van der Waals surface area contributed by atoms with Gasteiger partial charge in [0, 0.05) is 0 Å². The van der Waals surface area contributed by atoms with E-state index in [1.807, 2.05) is 0 Å². The molecular formula is C9H12NTi+2. The van der Waals surface area contributed by atoms with E-state index >= 15 is 0 Å². The van der Waals surface area contributed by atoms with Crippen LogP contribution in [0.15, 0.2) is 24.3 Å². The Bertz CT molecular complexity index is 233. The molecule has 0 saturated heterocycles. The molecule has 1 nitrogen and oxygen atoms in total. The zero-order valence-corrected chi connectivity index (χ0v) is 8.53. The number of para-hydroxylation sites is 1. The molecule has 2 heteroatoms. The van der Waals surface area contributed by atoms with E-state index in [1.165, 1.54) is 11.3 Å². The van der Waals surface area contributed by atoms with E-state index in [2.05, 4.69) is 63.7 Å². The van der Waals surface area contributed by atoms with Gasteiger partial charge in [-0.1, -0.05) is 0 Å². The fraction of sp³-hybridized carbons (Fsp3) is 0.333. The van der Waals surface area contributed by atoms with Gasteiger partial charge in [0.05, 0.1) is 0 Å². The van der Waals surface area contributed by atoms with Gasteiger partial charge < -0.3 is 0 Å². The van der Waals surface area contributed by atoms with Gasteiger partial charge in [-0.15, -0.1) is 0 Å². The summed E-state index contributed by atoms with van der Waals surface area (Å²) in [6.07, 6.45) is 0. The van der Waals surface area contributed by atoms with E-state index in [9.17, 15) is 0 Å². The summed E-state index contributed by atoms with van der Waals surface area (Å²) >= 11 is 2.18. The normalized spacial score (nSPS) is 9.82. The molecule has 55 valence electrons. The molecule has 11 heavy (non-hydrogen) atoms. The topological polar surface area (TPSA) is 3.24 Å². The first-order chi connectivity index (χ1) is 5.25. The average molecular weight is 182 g/mol. The molecule has 0 aliphatic heterocycles. The second-order valence-electron chi connectivity index (χ2n) is 2.70. The number of hydrogen-bond donors (Lipinski definition) is 0. The van der Waals surface area contributed by atoms with E-state index in [1.54, 1.807) is 0 Å². The Morgan fingerprint density at radius 3 is 2.36 bits per heavy atom. The molecule has 0 atom stereocenters. The third-order valence-electron chi connectivity index (χ3n) is 1.66. The zero-order chi connectivity index (χ0) is 8.27. The molecule has 0 bridgehead atoms. The molecule has 0 unspecified atom stereocenters. The summed E-state index contributed by atoms with van der Waals surface area (Å²) in [6, 6.07) is 8.49. The van der Waals surface area contributed by atoms with E-state index in [0.717, 1.165) is 4.73 Å². The predicted molar refractivity (Wildman–Crippen MR) is 44.5 cm³/mol. The maximum atomic E-state index is 2.18. The van der Waals surface area contributed by atoms with E-state index < -0.39 is 0 Å². The summed E-state index contributed by atoms with van der Waals surface area (Å²) in [5.41, 5.74) is 2.74. The second kappa shape index (κ2) is 3.94. The SMILES string of the molecule is CN(C)c1ccccc1[CH2][Ti+2]. The Morgan fingerprint density at radius 1 is 1.27 bits per heavy atom.